The summed E-state index contributed by atoms with van der Waals surface area (Å²) in [4.78, 5) is 24.3. The molecule has 0 radical (unpaired) electrons. The number of aliphatic carboxylic acids is 1. The number of alkyl halides is 1. The molecule has 0 fully saturated rings. The Morgan fingerprint density at radius 2 is 1.94 bits per heavy atom. The average Bonchev–Trinajstić information content (AvgIpc) is 3.36. The summed E-state index contributed by atoms with van der Waals surface area (Å²) in [6, 6.07) is 10.8. The second kappa shape index (κ2) is 12.2. The minimum Gasteiger partial charge on any atom is -0.481 e. The van der Waals surface area contributed by atoms with Crippen molar-refractivity contribution >= 4 is 23.5 Å². The van der Waals surface area contributed by atoms with Crippen molar-refractivity contribution in [3.8, 4) is 11.1 Å². The number of rotatable bonds is 12. The minimum atomic E-state index is -1.06. The number of carbonyl (C=O) groups excluding carboxylic acids is 1. The first-order valence-electron chi connectivity index (χ1n) is 10.6. The van der Waals surface area contributed by atoms with Crippen LogP contribution in [0.3, 0.4) is 0 Å². The number of carboxylic acid groups (broad SMARTS) is 1. The lowest BCUT2D eigenvalue weighted by Gasteiger charge is -2.22. The Labute approximate surface area is 199 Å². The Hall–Kier alpha value is -3.37. The van der Waals surface area contributed by atoms with Gasteiger partial charge in [-0.3, -0.25) is 9.59 Å². The number of halogens is 3. The smallest absolute Gasteiger partial charge is 0.307 e. The van der Waals surface area contributed by atoms with Crippen molar-refractivity contribution in [1.29, 1.82) is 0 Å². The molecule has 8 nitrogen and oxygen atoms in total. The van der Waals surface area contributed by atoms with Gasteiger partial charge < -0.3 is 15.7 Å². The molecule has 2 aromatic carbocycles. The number of amides is 1. The van der Waals surface area contributed by atoms with Gasteiger partial charge in [0.25, 0.3) is 5.91 Å². The molecule has 0 aliphatic rings. The largest absolute Gasteiger partial charge is 0.481 e. The lowest BCUT2D eigenvalue weighted by atomic mass is 9.93. The number of hydrogen-bond donors (Lipinski definition) is 4. The van der Waals surface area contributed by atoms with E-state index in [0.717, 1.165) is 5.56 Å². The summed E-state index contributed by atoms with van der Waals surface area (Å²) in [7, 11) is 0. The third kappa shape index (κ3) is 7.06. The lowest BCUT2D eigenvalue weighted by molar-refractivity contribution is -0.142. The van der Waals surface area contributed by atoms with Gasteiger partial charge in [0.05, 0.1) is 12.1 Å². The highest BCUT2D eigenvalue weighted by atomic mass is 35.5. The molecule has 1 amide bonds. The van der Waals surface area contributed by atoms with E-state index >= 15 is 0 Å². The number of carboxylic acids is 1. The summed E-state index contributed by atoms with van der Waals surface area (Å²) < 4.78 is 26.6. The van der Waals surface area contributed by atoms with Crippen molar-refractivity contribution < 1.29 is 23.5 Å². The molecule has 0 saturated carbocycles. The van der Waals surface area contributed by atoms with E-state index in [1.165, 1.54) is 24.4 Å². The highest BCUT2D eigenvalue weighted by Gasteiger charge is 2.25. The van der Waals surface area contributed by atoms with Gasteiger partial charge in [0.15, 0.2) is 5.69 Å². The molecule has 1 heterocycles. The van der Waals surface area contributed by atoms with Crippen molar-refractivity contribution in [1.82, 2.24) is 26.0 Å². The van der Waals surface area contributed by atoms with Gasteiger partial charge in [0.2, 0.25) is 0 Å². The predicted molar refractivity (Wildman–Crippen MR) is 123 cm³/mol. The molecule has 11 heteroatoms. The number of benzene rings is 2. The molecule has 0 bridgehead atoms. The number of nitrogens with zero attached hydrogens (tertiary/aromatic N) is 2. The zero-order valence-corrected chi connectivity index (χ0v) is 18.9. The lowest BCUT2D eigenvalue weighted by Crippen LogP contribution is -2.41. The van der Waals surface area contributed by atoms with E-state index in [9.17, 15) is 23.5 Å². The molecule has 180 valence electrons. The molecule has 3 rings (SSSR count). The molecule has 2 atom stereocenters. The molecule has 0 unspecified atom stereocenters. The number of carbonyl (C=O) groups is 2. The van der Waals surface area contributed by atoms with Gasteiger partial charge in [-0.1, -0.05) is 35.9 Å². The fourth-order valence-electron chi connectivity index (χ4n) is 3.55. The van der Waals surface area contributed by atoms with Crippen LogP contribution in [-0.2, 0) is 11.2 Å². The van der Waals surface area contributed by atoms with Crippen molar-refractivity contribution in [2.45, 2.75) is 18.9 Å². The van der Waals surface area contributed by atoms with Gasteiger partial charge in [-0.25, -0.2) is 8.78 Å². The van der Waals surface area contributed by atoms with Crippen LogP contribution in [0.2, 0.25) is 5.02 Å². The zero-order valence-electron chi connectivity index (χ0n) is 18.1. The van der Waals surface area contributed by atoms with Crippen molar-refractivity contribution in [2.75, 3.05) is 19.8 Å². The molecular formula is C23H24ClF2N5O3. The number of aromatic nitrogens is 3. The number of H-pyrrole nitrogens is 1. The summed E-state index contributed by atoms with van der Waals surface area (Å²) in [6.07, 6.45) is 1.68. The molecule has 4 N–H and O–H groups in total. The van der Waals surface area contributed by atoms with Gasteiger partial charge >= 0.3 is 5.97 Å². The van der Waals surface area contributed by atoms with Crippen LogP contribution in [0.25, 0.3) is 11.1 Å². The fourth-order valence-corrected chi connectivity index (χ4v) is 3.72. The van der Waals surface area contributed by atoms with Crippen LogP contribution in [0.15, 0.2) is 48.7 Å². The van der Waals surface area contributed by atoms with E-state index in [1.54, 1.807) is 24.3 Å². The Balaban J connectivity index is 1.77. The van der Waals surface area contributed by atoms with Gasteiger partial charge in [-0.2, -0.15) is 15.4 Å². The quantitative estimate of drug-likeness (QED) is 0.289. The summed E-state index contributed by atoms with van der Waals surface area (Å²) in [6.45, 7) is -0.512. The maximum Gasteiger partial charge on any atom is 0.307 e. The first-order chi connectivity index (χ1) is 16.4. The second-order valence-electron chi connectivity index (χ2n) is 7.71. The Morgan fingerprint density at radius 1 is 1.18 bits per heavy atom. The maximum atomic E-state index is 14.2. The van der Waals surface area contributed by atoms with Gasteiger partial charge in [-0.05, 0) is 42.2 Å². The SMILES string of the molecule is O=C(N[C@H](Cc1ccc(-c2cc(Cl)ccc2F)cc1)C[C@@H](CNCCF)C(=O)O)c1cn[nH]n1. The molecule has 0 spiro atoms. The van der Waals surface area contributed by atoms with Crippen molar-refractivity contribution in [2.24, 2.45) is 5.92 Å². The van der Waals surface area contributed by atoms with Crippen molar-refractivity contribution in [3.63, 3.8) is 0 Å². The van der Waals surface area contributed by atoms with Crippen LogP contribution < -0.4 is 10.6 Å². The van der Waals surface area contributed by atoms with E-state index in [0.29, 0.717) is 22.6 Å². The summed E-state index contributed by atoms with van der Waals surface area (Å²) in [5, 5.41) is 25.3. The molecule has 0 aliphatic heterocycles. The molecule has 34 heavy (non-hydrogen) atoms. The third-order valence-electron chi connectivity index (χ3n) is 5.24. The predicted octanol–water partition coefficient (Wildman–Crippen LogP) is 3.26. The van der Waals surface area contributed by atoms with Crippen LogP contribution in [0.1, 0.15) is 22.5 Å². The third-order valence-corrected chi connectivity index (χ3v) is 5.47. The highest BCUT2D eigenvalue weighted by molar-refractivity contribution is 6.30. The number of aromatic amines is 1. The Kier molecular flexibility index (Phi) is 9.06. The topological polar surface area (TPSA) is 120 Å². The second-order valence-corrected chi connectivity index (χ2v) is 8.15. The molecule has 1 aromatic heterocycles. The van der Waals surface area contributed by atoms with E-state index < -0.39 is 36.3 Å². The van der Waals surface area contributed by atoms with E-state index in [1.807, 2.05) is 0 Å². The first-order valence-corrected chi connectivity index (χ1v) is 11.0. The minimum absolute atomic E-state index is 0.0429. The fraction of sp³-hybridized carbons (Fsp3) is 0.304. The number of hydrogen-bond acceptors (Lipinski definition) is 5. The Morgan fingerprint density at radius 3 is 2.59 bits per heavy atom. The van der Waals surface area contributed by atoms with Crippen LogP contribution in [0, 0.1) is 11.7 Å². The molecule has 3 aromatic rings. The highest BCUT2D eigenvalue weighted by Crippen LogP contribution is 2.26. The first kappa shape index (κ1) is 25.3. The summed E-state index contributed by atoms with van der Waals surface area (Å²) in [5.74, 6) is -2.81. The molecule has 0 saturated heterocycles. The average molecular weight is 492 g/mol. The van der Waals surface area contributed by atoms with Crippen LogP contribution >= 0.6 is 11.6 Å². The van der Waals surface area contributed by atoms with E-state index in [2.05, 4.69) is 26.0 Å². The monoisotopic (exact) mass is 491 g/mol. The van der Waals surface area contributed by atoms with Crippen LogP contribution in [-0.4, -0.2) is 58.2 Å². The molecular weight excluding hydrogens is 468 g/mol. The van der Waals surface area contributed by atoms with E-state index in [4.69, 9.17) is 11.6 Å². The van der Waals surface area contributed by atoms with Gasteiger partial charge in [0.1, 0.15) is 12.5 Å². The van der Waals surface area contributed by atoms with Crippen molar-refractivity contribution in [3.05, 3.63) is 70.8 Å². The zero-order chi connectivity index (χ0) is 24.5. The van der Waals surface area contributed by atoms with Gasteiger partial charge in [0, 0.05) is 29.7 Å². The van der Waals surface area contributed by atoms with Crippen LogP contribution in [0.5, 0.6) is 0 Å². The Bertz CT molecular complexity index is 1100. The van der Waals surface area contributed by atoms with E-state index in [-0.39, 0.29) is 25.2 Å². The van der Waals surface area contributed by atoms with Gasteiger partial charge in [-0.15, -0.1) is 0 Å². The number of nitrogens with one attached hydrogen (secondary N) is 3. The standard InChI is InChI=1S/C23H24ClF2N5O3/c24-17-5-6-20(26)19(11-17)15-3-1-14(2-4-15)9-18(29-22(32)21-13-28-31-30-21)10-16(23(33)34)12-27-8-7-25/h1-6,11,13,16,18,27H,7-10,12H2,(H,29,32)(H,33,34)(H,28,30,31)/t16-,18+/m0/s1. The molecule has 0 aliphatic carbocycles. The van der Waals surface area contributed by atoms with Crippen LogP contribution in [0.4, 0.5) is 8.78 Å². The normalized spacial score (nSPS) is 12.8. The summed E-state index contributed by atoms with van der Waals surface area (Å²) in [5.41, 5.74) is 1.86. The maximum absolute atomic E-state index is 14.2. The summed E-state index contributed by atoms with van der Waals surface area (Å²) >= 11 is 5.98.